The maximum atomic E-state index is 11.8. The van der Waals surface area contributed by atoms with Crippen LogP contribution in [0.15, 0.2) is 22.8 Å². The zero-order valence-corrected chi connectivity index (χ0v) is 10.4. The van der Waals surface area contributed by atoms with Gasteiger partial charge in [0.1, 0.15) is 5.76 Å². The largest absolute Gasteiger partial charge is 0.473 e. The summed E-state index contributed by atoms with van der Waals surface area (Å²) in [7, 11) is -2.70. The number of carbonyl (C=O) groups is 2. The summed E-state index contributed by atoms with van der Waals surface area (Å²) in [6.07, 6.45) is 1.99. The number of hydrogen-bond acceptors (Lipinski definition) is 6. The molecule has 1 unspecified atom stereocenters. The number of allylic oxidation sites excluding steroid dienone is 2. The van der Waals surface area contributed by atoms with Crippen molar-refractivity contribution in [1.29, 1.82) is 0 Å². The molecule has 1 aliphatic rings. The van der Waals surface area contributed by atoms with Gasteiger partial charge in [-0.2, -0.15) is 0 Å². The molecule has 0 saturated heterocycles. The lowest BCUT2D eigenvalue weighted by Gasteiger charge is -2.05. The number of carbonyl (C=O) groups excluding carboxylic acids is 2. The van der Waals surface area contributed by atoms with Gasteiger partial charge in [-0.05, 0) is 19.9 Å². The molecule has 0 radical (unpaired) electrons. The number of Topliss-reactive ketones (excluding diaryl/α,β-unsaturated/α-hetero) is 1. The Labute approximate surface area is 98.8 Å². The second-order valence-electron chi connectivity index (χ2n) is 3.36. The quantitative estimate of drug-likeness (QED) is 0.536. The molecule has 0 amide bonds. The van der Waals surface area contributed by atoms with E-state index in [9.17, 15) is 18.0 Å². The summed E-state index contributed by atoms with van der Waals surface area (Å²) in [4.78, 5) is 21.7. The van der Waals surface area contributed by atoms with Gasteiger partial charge in [0.15, 0.2) is 10.7 Å². The van der Waals surface area contributed by atoms with E-state index in [1.54, 1.807) is 0 Å². The summed E-state index contributed by atoms with van der Waals surface area (Å²) in [5.41, 5.74) is -1.35. The van der Waals surface area contributed by atoms with E-state index in [0.29, 0.717) is 0 Å². The Morgan fingerprint density at radius 2 is 2.00 bits per heavy atom. The van der Waals surface area contributed by atoms with E-state index < -0.39 is 27.0 Å². The highest BCUT2D eigenvalue weighted by Crippen LogP contribution is 2.30. The van der Waals surface area contributed by atoms with Crippen LogP contribution in [-0.4, -0.2) is 32.7 Å². The molecule has 0 aromatic rings. The molecule has 94 valence electrons. The Balaban J connectivity index is 3.03. The van der Waals surface area contributed by atoms with Crippen molar-refractivity contribution in [2.75, 3.05) is 7.11 Å². The van der Waals surface area contributed by atoms with Crippen molar-refractivity contribution in [1.82, 2.24) is 0 Å². The third-order valence-electron chi connectivity index (χ3n) is 2.11. The first-order valence-corrected chi connectivity index (χ1v) is 6.24. The van der Waals surface area contributed by atoms with Gasteiger partial charge in [0.05, 0.1) is 7.11 Å². The fourth-order valence-electron chi connectivity index (χ4n) is 1.42. The van der Waals surface area contributed by atoms with Crippen LogP contribution in [0.4, 0.5) is 0 Å². The van der Waals surface area contributed by atoms with E-state index >= 15 is 0 Å². The van der Waals surface area contributed by atoms with Crippen molar-refractivity contribution in [3.8, 4) is 0 Å². The van der Waals surface area contributed by atoms with E-state index in [4.69, 9.17) is 4.74 Å². The zero-order chi connectivity index (χ0) is 13.2. The molecule has 17 heavy (non-hydrogen) atoms. The number of hydrogen-bond donors (Lipinski definition) is 0. The van der Waals surface area contributed by atoms with E-state index in [1.807, 2.05) is 0 Å². The molecule has 0 aromatic heterocycles. The second-order valence-corrected chi connectivity index (χ2v) is 5.32. The number of ether oxygens (including phenoxy) is 2. The fraction of sp³-hybridized carbons (Fsp3) is 0.400. The van der Waals surface area contributed by atoms with Gasteiger partial charge in [-0.1, -0.05) is 0 Å². The third-order valence-corrected chi connectivity index (χ3v) is 4.12. The second kappa shape index (κ2) is 4.70. The fourth-order valence-corrected chi connectivity index (χ4v) is 3.06. The third kappa shape index (κ3) is 2.55. The first kappa shape index (κ1) is 13.4. The van der Waals surface area contributed by atoms with Gasteiger partial charge in [0.2, 0.25) is 15.3 Å². The van der Waals surface area contributed by atoms with Crippen molar-refractivity contribution in [2.45, 2.75) is 19.3 Å². The van der Waals surface area contributed by atoms with Crippen LogP contribution in [0.25, 0.3) is 0 Å². The Bertz CT molecular complexity index is 511. The molecule has 6 nitrogen and oxygen atoms in total. The average Bonchev–Trinajstić information content (AvgIpc) is 2.44. The summed E-state index contributed by atoms with van der Waals surface area (Å²) in [6, 6.07) is 0. The predicted molar refractivity (Wildman–Crippen MR) is 58.3 cm³/mol. The summed E-state index contributed by atoms with van der Waals surface area (Å²) in [6.45, 7) is 2.53. The normalized spacial score (nSPS) is 22.6. The SMILES string of the molecule is COC(=O)/C=C\C1OC(C)=C(C(C)=O)S1(=O)=O. The minimum absolute atomic E-state index is 0.0389. The number of methoxy groups -OCH3 is 1. The van der Waals surface area contributed by atoms with Crippen LogP contribution >= 0.6 is 0 Å². The lowest BCUT2D eigenvalue weighted by Crippen LogP contribution is -2.19. The van der Waals surface area contributed by atoms with Gasteiger partial charge in [-0.25, -0.2) is 13.2 Å². The molecule has 0 bridgehead atoms. The van der Waals surface area contributed by atoms with Crippen LogP contribution < -0.4 is 0 Å². The first-order valence-electron chi connectivity index (χ1n) is 4.69. The summed E-state index contributed by atoms with van der Waals surface area (Å²) >= 11 is 0. The van der Waals surface area contributed by atoms with Crippen molar-refractivity contribution in [2.24, 2.45) is 0 Å². The Hall–Kier alpha value is -1.63. The molecular formula is C10H12O6S. The van der Waals surface area contributed by atoms with E-state index in [0.717, 1.165) is 19.1 Å². The Morgan fingerprint density at radius 1 is 1.41 bits per heavy atom. The molecule has 7 heteroatoms. The molecule has 1 heterocycles. The Morgan fingerprint density at radius 3 is 2.41 bits per heavy atom. The maximum absolute atomic E-state index is 11.8. The van der Waals surface area contributed by atoms with Gasteiger partial charge in [0, 0.05) is 6.08 Å². The monoisotopic (exact) mass is 260 g/mol. The van der Waals surface area contributed by atoms with Crippen molar-refractivity contribution in [3.05, 3.63) is 22.8 Å². The van der Waals surface area contributed by atoms with Crippen LogP contribution in [0.5, 0.6) is 0 Å². The van der Waals surface area contributed by atoms with E-state index in [2.05, 4.69) is 4.74 Å². The first-order chi connectivity index (χ1) is 7.80. The molecule has 0 aromatic carbocycles. The predicted octanol–water partition coefficient (Wildman–Crippen LogP) is 0.307. The highest BCUT2D eigenvalue weighted by Gasteiger charge is 2.40. The number of esters is 1. The summed E-state index contributed by atoms with van der Waals surface area (Å²) in [5, 5.41) is 0. The molecule has 1 atom stereocenters. The molecule has 0 fully saturated rings. The molecule has 0 aliphatic carbocycles. The molecule has 1 aliphatic heterocycles. The minimum atomic E-state index is -3.87. The number of sulfone groups is 1. The van der Waals surface area contributed by atoms with Crippen LogP contribution in [0, 0.1) is 0 Å². The van der Waals surface area contributed by atoms with Crippen LogP contribution in [0.1, 0.15) is 13.8 Å². The van der Waals surface area contributed by atoms with Gasteiger partial charge >= 0.3 is 5.97 Å². The van der Waals surface area contributed by atoms with Gasteiger partial charge in [-0.15, -0.1) is 0 Å². The molecule has 1 rings (SSSR count). The van der Waals surface area contributed by atoms with Crippen molar-refractivity contribution < 1.29 is 27.5 Å². The summed E-state index contributed by atoms with van der Waals surface area (Å²) in [5.74, 6) is -1.24. The molecule has 0 spiro atoms. The van der Waals surface area contributed by atoms with Gasteiger partial charge in [-0.3, -0.25) is 4.79 Å². The lowest BCUT2D eigenvalue weighted by atomic mass is 10.4. The lowest BCUT2D eigenvalue weighted by molar-refractivity contribution is -0.134. The van der Waals surface area contributed by atoms with Crippen molar-refractivity contribution in [3.63, 3.8) is 0 Å². The topological polar surface area (TPSA) is 86.7 Å². The number of rotatable bonds is 3. The van der Waals surface area contributed by atoms with Gasteiger partial charge < -0.3 is 9.47 Å². The summed E-state index contributed by atoms with van der Waals surface area (Å²) < 4.78 is 33.0. The highest BCUT2D eigenvalue weighted by atomic mass is 32.2. The van der Waals surface area contributed by atoms with Crippen LogP contribution in [0.3, 0.4) is 0 Å². The minimum Gasteiger partial charge on any atom is -0.473 e. The smallest absolute Gasteiger partial charge is 0.330 e. The maximum Gasteiger partial charge on any atom is 0.330 e. The van der Waals surface area contributed by atoms with Crippen molar-refractivity contribution >= 4 is 21.6 Å². The van der Waals surface area contributed by atoms with Crippen LogP contribution in [-0.2, 0) is 28.9 Å². The zero-order valence-electron chi connectivity index (χ0n) is 9.59. The Kier molecular flexibility index (Phi) is 3.72. The average molecular weight is 260 g/mol. The van der Waals surface area contributed by atoms with E-state index in [-0.39, 0.29) is 10.7 Å². The van der Waals surface area contributed by atoms with Gasteiger partial charge in [0.25, 0.3) is 0 Å². The molecule has 0 saturated carbocycles. The molecule has 0 N–H and O–H groups in total. The molecular weight excluding hydrogens is 248 g/mol. The highest BCUT2D eigenvalue weighted by molar-refractivity contribution is 7.97. The standard InChI is InChI=1S/C10H12O6S/c1-6(11)10-7(2)16-9(17(10,13)14)5-4-8(12)15-3/h4-5,9H,1-3H3/b5-4-. The van der Waals surface area contributed by atoms with Crippen LogP contribution in [0.2, 0.25) is 0 Å². The number of ketones is 1. The van der Waals surface area contributed by atoms with E-state index in [1.165, 1.54) is 14.0 Å².